The maximum absolute atomic E-state index is 12.8. The summed E-state index contributed by atoms with van der Waals surface area (Å²) in [6, 6.07) is 12.2. The molecule has 1 aliphatic rings. The molecule has 0 aromatic heterocycles. The Balaban J connectivity index is 1.65. The summed E-state index contributed by atoms with van der Waals surface area (Å²) in [5.41, 5.74) is 1.04. The molecule has 0 saturated carbocycles. The normalized spacial score (nSPS) is 16.9. The summed E-state index contributed by atoms with van der Waals surface area (Å²) in [6.07, 6.45) is 3.84. The van der Waals surface area contributed by atoms with Crippen LogP contribution in [-0.4, -0.2) is 43.1 Å². The molecule has 1 saturated heterocycles. The summed E-state index contributed by atoms with van der Waals surface area (Å²) >= 11 is 0. The van der Waals surface area contributed by atoms with Crippen LogP contribution in [0.3, 0.4) is 0 Å². The average molecular weight is 369 g/mol. The van der Waals surface area contributed by atoms with Gasteiger partial charge in [-0.05, 0) is 75.2 Å². The van der Waals surface area contributed by atoms with Crippen LogP contribution >= 0.6 is 0 Å². The van der Waals surface area contributed by atoms with Crippen molar-refractivity contribution in [2.75, 3.05) is 26.7 Å². The minimum Gasteiger partial charge on any atom is -0.497 e. The molecule has 3 rings (SSSR count). The van der Waals surface area contributed by atoms with Crippen LogP contribution in [0.1, 0.15) is 51.5 Å². The lowest BCUT2D eigenvalue weighted by Gasteiger charge is -2.41. The van der Waals surface area contributed by atoms with E-state index in [2.05, 4.69) is 36.2 Å². The Morgan fingerprint density at radius 1 is 1.11 bits per heavy atom. The molecule has 1 fully saturated rings. The highest BCUT2D eigenvalue weighted by molar-refractivity contribution is 5.88. The van der Waals surface area contributed by atoms with E-state index in [1.165, 1.54) is 19.3 Å². The highest BCUT2D eigenvalue weighted by Gasteiger charge is 2.29. The zero-order valence-corrected chi connectivity index (χ0v) is 17.0. The SMILES string of the molecule is COc1ccc2cc([C@H](C)C(=O)NCC(C)(C)N3CCCCC3)ccc2c1. The van der Waals surface area contributed by atoms with Gasteiger partial charge >= 0.3 is 0 Å². The second-order valence-corrected chi connectivity index (χ2v) is 8.27. The van der Waals surface area contributed by atoms with Gasteiger partial charge in [-0.2, -0.15) is 0 Å². The Bertz CT molecular complexity index is 794. The van der Waals surface area contributed by atoms with Gasteiger partial charge in [0.25, 0.3) is 0 Å². The first-order chi connectivity index (χ1) is 12.9. The lowest BCUT2D eigenvalue weighted by molar-refractivity contribution is -0.122. The predicted molar refractivity (Wildman–Crippen MR) is 111 cm³/mol. The molecule has 146 valence electrons. The van der Waals surface area contributed by atoms with E-state index in [9.17, 15) is 4.79 Å². The molecule has 0 bridgehead atoms. The van der Waals surface area contributed by atoms with Crippen LogP contribution in [0.4, 0.5) is 0 Å². The molecule has 4 heteroatoms. The van der Waals surface area contributed by atoms with Gasteiger partial charge in [0.15, 0.2) is 0 Å². The Kier molecular flexibility index (Phi) is 6.05. The molecule has 0 radical (unpaired) electrons. The van der Waals surface area contributed by atoms with Gasteiger partial charge in [0.05, 0.1) is 13.0 Å². The van der Waals surface area contributed by atoms with E-state index in [4.69, 9.17) is 4.74 Å². The van der Waals surface area contributed by atoms with E-state index >= 15 is 0 Å². The molecule has 1 aliphatic heterocycles. The number of likely N-dealkylation sites (tertiary alicyclic amines) is 1. The minimum atomic E-state index is -0.173. The first-order valence-corrected chi connectivity index (χ1v) is 10.0. The van der Waals surface area contributed by atoms with Crippen molar-refractivity contribution in [1.29, 1.82) is 0 Å². The number of fused-ring (bicyclic) bond motifs is 1. The molecule has 27 heavy (non-hydrogen) atoms. The number of nitrogens with zero attached hydrogens (tertiary/aromatic N) is 1. The van der Waals surface area contributed by atoms with E-state index < -0.39 is 0 Å². The van der Waals surface area contributed by atoms with Crippen molar-refractivity contribution in [2.45, 2.75) is 51.5 Å². The Labute approximate surface area is 162 Å². The molecule has 1 atom stereocenters. The van der Waals surface area contributed by atoms with E-state index in [1.807, 2.05) is 31.2 Å². The van der Waals surface area contributed by atoms with Crippen LogP contribution < -0.4 is 10.1 Å². The molecule has 1 amide bonds. The lowest BCUT2D eigenvalue weighted by atomic mass is 9.95. The number of piperidine rings is 1. The quantitative estimate of drug-likeness (QED) is 0.825. The standard InChI is InChI=1S/C23H32N2O2/c1-17(18-8-9-20-15-21(27-4)11-10-19(20)14-18)22(26)24-16-23(2,3)25-12-6-5-7-13-25/h8-11,14-15,17H,5-7,12-13,16H2,1-4H3,(H,24,26)/t17-/m0/s1. The summed E-state index contributed by atoms with van der Waals surface area (Å²) in [4.78, 5) is 15.3. The van der Waals surface area contributed by atoms with Crippen molar-refractivity contribution in [1.82, 2.24) is 10.2 Å². The van der Waals surface area contributed by atoms with Gasteiger partial charge in [-0.1, -0.05) is 30.7 Å². The highest BCUT2D eigenvalue weighted by atomic mass is 16.5. The fourth-order valence-electron chi connectivity index (χ4n) is 3.86. The summed E-state index contributed by atoms with van der Waals surface area (Å²) in [5.74, 6) is 0.766. The van der Waals surface area contributed by atoms with Crippen molar-refractivity contribution in [2.24, 2.45) is 0 Å². The van der Waals surface area contributed by atoms with E-state index in [0.717, 1.165) is 35.2 Å². The van der Waals surface area contributed by atoms with Crippen molar-refractivity contribution in [3.8, 4) is 5.75 Å². The molecule has 1 N–H and O–H groups in total. The second kappa shape index (κ2) is 8.30. The predicted octanol–water partition coefficient (Wildman–Crippen LogP) is 4.33. The van der Waals surface area contributed by atoms with Crippen LogP contribution in [-0.2, 0) is 4.79 Å². The van der Waals surface area contributed by atoms with Gasteiger partial charge in [-0.25, -0.2) is 0 Å². The number of benzene rings is 2. The lowest BCUT2D eigenvalue weighted by Crippen LogP contribution is -2.53. The number of carbonyl (C=O) groups excluding carboxylic acids is 1. The topological polar surface area (TPSA) is 41.6 Å². The monoisotopic (exact) mass is 368 g/mol. The van der Waals surface area contributed by atoms with E-state index in [1.54, 1.807) is 7.11 Å². The number of methoxy groups -OCH3 is 1. The zero-order chi connectivity index (χ0) is 19.4. The van der Waals surface area contributed by atoms with Crippen LogP contribution in [0.25, 0.3) is 10.8 Å². The molecule has 2 aromatic rings. The average Bonchev–Trinajstić information content (AvgIpc) is 2.71. The van der Waals surface area contributed by atoms with Crippen LogP contribution in [0.5, 0.6) is 5.75 Å². The molecule has 0 spiro atoms. The van der Waals surface area contributed by atoms with Crippen LogP contribution in [0.2, 0.25) is 0 Å². The molecule has 0 aliphatic carbocycles. The smallest absolute Gasteiger partial charge is 0.227 e. The highest BCUT2D eigenvalue weighted by Crippen LogP contribution is 2.26. The van der Waals surface area contributed by atoms with Crippen molar-refractivity contribution in [3.05, 3.63) is 42.0 Å². The molecule has 2 aromatic carbocycles. The molecular formula is C23H32N2O2. The van der Waals surface area contributed by atoms with E-state index in [0.29, 0.717) is 6.54 Å². The Morgan fingerprint density at radius 3 is 2.48 bits per heavy atom. The summed E-state index contributed by atoms with van der Waals surface area (Å²) in [5, 5.41) is 5.43. The zero-order valence-electron chi connectivity index (χ0n) is 17.0. The van der Waals surface area contributed by atoms with Gasteiger partial charge in [0.1, 0.15) is 5.75 Å². The maximum Gasteiger partial charge on any atom is 0.227 e. The molecule has 4 nitrogen and oxygen atoms in total. The number of carbonyl (C=O) groups is 1. The number of hydrogen-bond acceptors (Lipinski definition) is 3. The number of ether oxygens (including phenoxy) is 1. The Hall–Kier alpha value is -2.07. The van der Waals surface area contributed by atoms with Gasteiger partial charge in [0, 0.05) is 12.1 Å². The van der Waals surface area contributed by atoms with Crippen LogP contribution in [0, 0.1) is 0 Å². The van der Waals surface area contributed by atoms with Gasteiger partial charge in [-0.3, -0.25) is 9.69 Å². The van der Waals surface area contributed by atoms with Gasteiger partial charge < -0.3 is 10.1 Å². The first-order valence-electron chi connectivity index (χ1n) is 10.0. The Morgan fingerprint density at radius 2 is 1.78 bits per heavy atom. The summed E-state index contributed by atoms with van der Waals surface area (Å²) in [6.45, 7) is 9.38. The maximum atomic E-state index is 12.8. The van der Waals surface area contributed by atoms with E-state index in [-0.39, 0.29) is 17.4 Å². The number of rotatable bonds is 6. The largest absolute Gasteiger partial charge is 0.497 e. The number of nitrogens with one attached hydrogen (secondary N) is 1. The van der Waals surface area contributed by atoms with Gasteiger partial charge in [-0.15, -0.1) is 0 Å². The van der Waals surface area contributed by atoms with Crippen molar-refractivity contribution >= 4 is 16.7 Å². The van der Waals surface area contributed by atoms with Crippen molar-refractivity contribution in [3.63, 3.8) is 0 Å². The first kappa shape index (κ1) is 19.7. The number of hydrogen-bond donors (Lipinski definition) is 1. The molecular weight excluding hydrogens is 336 g/mol. The summed E-state index contributed by atoms with van der Waals surface area (Å²) < 4.78 is 5.28. The third kappa shape index (κ3) is 4.62. The second-order valence-electron chi connectivity index (χ2n) is 8.27. The fraction of sp³-hybridized carbons (Fsp3) is 0.522. The molecule has 0 unspecified atom stereocenters. The molecule has 1 heterocycles. The minimum absolute atomic E-state index is 0.00423. The third-order valence-electron chi connectivity index (χ3n) is 5.87. The number of amides is 1. The fourth-order valence-corrected chi connectivity index (χ4v) is 3.86. The summed E-state index contributed by atoms with van der Waals surface area (Å²) in [7, 11) is 1.67. The van der Waals surface area contributed by atoms with Crippen molar-refractivity contribution < 1.29 is 9.53 Å². The van der Waals surface area contributed by atoms with Gasteiger partial charge in [0.2, 0.25) is 5.91 Å². The van der Waals surface area contributed by atoms with Crippen LogP contribution in [0.15, 0.2) is 36.4 Å². The third-order valence-corrected chi connectivity index (χ3v) is 5.87.